The smallest absolute Gasteiger partial charge is 0.0934 e. The van der Waals surface area contributed by atoms with Gasteiger partial charge < -0.3 is 5.11 Å². The van der Waals surface area contributed by atoms with Gasteiger partial charge in [0.15, 0.2) is 0 Å². The van der Waals surface area contributed by atoms with Gasteiger partial charge in [0.25, 0.3) is 0 Å². The first-order valence-electron chi connectivity index (χ1n) is 5.92. The SMILES string of the molecule is CC1(C)SCc2c(ccc3ccccc23)C1O. The molecular weight excluding hydrogens is 228 g/mol. The Morgan fingerprint density at radius 1 is 1.18 bits per heavy atom. The Bertz CT molecular complexity index is 574. The molecule has 2 aromatic rings. The van der Waals surface area contributed by atoms with Crippen LogP contribution in [0.3, 0.4) is 0 Å². The zero-order chi connectivity index (χ0) is 12.0. The molecule has 0 bridgehead atoms. The van der Waals surface area contributed by atoms with Gasteiger partial charge in [0.2, 0.25) is 0 Å². The number of thioether (sulfide) groups is 1. The summed E-state index contributed by atoms with van der Waals surface area (Å²) in [6.45, 7) is 4.22. The first kappa shape index (κ1) is 11.1. The molecule has 0 saturated heterocycles. The molecule has 17 heavy (non-hydrogen) atoms. The highest BCUT2D eigenvalue weighted by atomic mass is 32.2. The van der Waals surface area contributed by atoms with Gasteiger partial charge in [-0.15, -0.1) is 11.8 Å². The molecule has 1 heterocycles. The van der Waals surface area contributed by atoms with Crippen LogP contribution in [0.5, 0.6) is 0 Å². The summed E-state index contributed by atoms with van der Waals surface area (Å²) < 4.78 is -0.0878. The van der Waals surface area contributed by atoms with Gasteiger partial charge in [0.1, 0.15) is 0 Å². The van der Waals surface area contributed by atoms with E-state index in [2.05, 4.69) is 50.2 Å². The van der Waals surface area contributed by atoms with Crippen LogP contribution in [0.4, 0.5) is 0 Å². The normalized spacial score (nSPS) is 22.4. The second-order valence-electron chi connectivity index (χ2n) is 5.15. The van der Waals surface area contributed by atoms with E-state index < -0.39 is 0 Å². The average molecular weight is 244 g/mol. The molecule has 0 aromatic heterocycles. The van der Waals surface area contributed by atoms with Gasteiger partial charge in [0, 0.05) is 10.5 Å². The lowest BCUT2D eigenvalue weighted by Gasteiger charge is -2.36. The summed E-state index contributed by atoms with van der Waals surface area (Å²) in [7, 11) is 0. The van der Waals surface area contributed by atoms with Crippen molar-refractivity contribution in [3.8, 4) is 0 Å². The summed E-state index contributed by atoms with van der Waals surface area (Å²) in [4.78, 5) is 0. The Morgan fingerprint density at radius 3 is 2.76 bits per heavy atom. The Balaban J connectivity index is 2.26. The third-order valence-electron chi connectivity index (χ3n) is 3.62. The molecule has 1 unspecified atom stereocenters. The highest BCUT2D eigenvalue weighted by Gasteiger charge is 2.35. The van der Waals surface area contributed by atoms with Gasteiger partial charge in [-0.05, 0) is 35.7 Å². The van der Waals surface area contributed by atoms with Crippen molar-refractivity contribution >= 4 is 22.5 Å². The van der Waals surface area contributed by atoms with E-state index in [1.54, 1.807) is 0 Å². The fourth-order valence-corrected chi connectivity index (χ4v) is 3.61. The number of aliphatic hydroxyl groups excluding tert-OH is 1. The highest BCUT2D eigenvalue weighted by Crippen LogP contribution is 2.47. The minimum absolute atomic E-state index is 0.0878. The molecule has 1 N–H and O–H groups in total. The minimum Gasteiger partial charge on any atom is -0.387 e. The van der Waals surface area contributed by atoms with Crippen LogP contribution >= 0.6 is 11.8 Å². The van der Waals surface area contributed by atoms with Crippen LogP contribution in [-0.4, -0.2) is 9.85 Å². The zero-order valence-electron chi connectivity index (χ0n) is 10.1. The third-order valence-corrected chi connectivity index (χ3v) is 5.02. The summed E-state index contributed by atoms with van der Waals surface area (Å²) in [6.07, 6.45) is -0.374. The number of benzene rings is 2. The number of rotatable bonds is 0. The molecule has 0 saturated carbocycles. The van der Waals surface area contributed by atoms with Crippen molar-refractivity contribution in [2.45, 2.75) is 30.5 Å². The van der Waals surface area contributed by atoms with E-state index in [9.17, 15) is 5.11 Å². The standard InChI is InChI=1S/C15H16OS/c1-15(2)14(16)12-8-7-10-5-3-4-6-11(10)13(12)9-17-15/h3-8,14,16H,9H2,1-2H3. The van der Waals surface area contributed by atoms with Gasteiger partial charge >= 0.3 is 0 Å². The van der Waals surface area contributed by atoms with Crippen LogP contribution in [0.25, 0.3) is 10.8 Å². The Hall–Kier alpha value is -0.990. The third kappa shape index (κ3) is 1.67. The van der Waals surface area contributed by atoms with Gasteiger partial charge in [-0.2, -0.15) is 0 Å². The van der Waals surface area contributed by atoms with Crippen molar-refractivity contribution in [1.29, 1.82) is 0 Å². The van der Waals surface area contributed by atoms with Crippen molar-refractivity contribution in [2.24, 2.45) is 0 Å². The molecule has 3 rings (SSSR count). The van der Waals surface area contributed by atoms with Crippen LogP contribution in [0.2, 0.25) is 0 Å². The summed E-state index contributed by atoms with van der Waals surface area (Å²) in [5.74, 6) is 0.987. The van der Waals surface area contributed by atoms with E-state index >= 15 is 0 Å². The maximum Gasteiger partial charge on any atom is 0.0934 e. The van der Waals surface area contributed by atoms with Gasteiger partial charge in [-0.25, -0.2) is 0 Å². The highest BCUT2D eigenvalue weighted by molar-refractivity contribution is 8.00. The molecule has 0 aliphatic carbocycles. The van der Waals surface area contributed by atoms with Crippen molar-refractivity contribution in [3.05, 3.63) is 47.5 Å². The lowest BCUT2D eigenvalue weighted by molar-refractivity contribution is 0.141. The number of aliphatic hydroxyl groups is 1. The van der Waals surface area contributed by atoms with Crippen LogP contribution in [0.15, 0.2) is 36.4 Å². The van der Waals surface area contributed by atoms with E-state index in [-0.39, 0.29) is 10.9 Å². The number of hydrogen-bond donors (Lipinski definition) is 1. The lowest BCUT2D eigenvalue weighted by atomic mass is 9.90. The predicted octanol–water partition coefficient (Wildman–Crippen LogP) is 3.90. The van der Waals surface area contributed by atoms with Crippen molar-refractivity contribution in [1.82, 2.24) is 0 Å². The van der Waals surface area contributed by atoms with E-state index in [0.29, 0.717) is 0 Å². The zero-order valence-corrected chi connectivity index (χ0v) is 10.9. The molecule has 1 atom stereocenters. The van der Waals surface area contributed by atoms with Crippen molar-refractivity contribution in [2.75, 3.05) is 0 Å². The van der Waals surface area contributed by atoms with E-state index in [0.717, 1.165) is 11.3 Å². The maximum atomic E-state index is 10.4. The fraction of sp³-hybridized carbons (Fsp3) is 0.333. The Kier molecular flexibility index (Phi) is 2.46. The predicted molar refractivity (Wildman–Crippen MR) is 74.3 cm³/mol. The molecular formula is C15H16OS. The van der Waals surface area contributed by atoms with E-state index in [4.69, 9.17) is 0 Å². The van der Waals surface area contributed by atoms with Crippen molar-refractivity contribution in [3.63, 3.8) is 0 Å². The van der Waals surface area contributed by atoms with E-state index in [1.807, 2.05) is 11.8 Å². The molecule has 2 heteroatoms. The Labute approximate surface area is 106 Å². The molecule has 2 aromatic carbocycles. The summed E-state index contributed by atoms with van der Waals surface area (Å²) in [5, 5.41) is 13.0. The number of hydrogen-bond acceptors (Lipinski definition) is 2. The topological polar surface area (TPSA) is 20.2 Å². The van der Waals surface area contributed by atoms with Gasteiger partial charge in [0.05, 0.1) is 6.10 Å². The molecule has 1 aliphatic heterocycles. The molecule has 0 amide bonds. The molecule has 0 fully saturated rings. The maximum absolute atomic E-state index is 10.4. The monoisotopic (exact) mass is 244 g/mol. The van der Waals surface area contributed by atoms with Gasteiger partial charge in [-0.3, -0.25) is 0 Å². The van der Waals surface area contributed by atoms with Crippen LogP contribution < -0.4 is 0 Å². The lowest BCUT2D eigenvalue weighted by Crippen LogP contribution is -2.29. The van der Waals surface area contributed by atoms with Crippen molar-refractivity contribution < 1.29 is 5.11 Å². The first-order chi connectivity index (χ1) is 8.09. The summed E-state index contributed by atoms with van der Waals surface area (Å²) in [5.41, 5.74) is 2.41. The first-order valence-corrected chi connectivity index (χ1v) is 6.91. The summed E-state index contributed by atoms with van der Waals surface area (Å²) >= 11 is 1.84. The van der Waals surface area contributed by atoms with Crippen LogP contribution in [0.1, 0.15) is 31.1 Å². The summed E-state index contributed by atoms with van der Waals surface area (Å²) in [6, 6.07) is 12.6. The van der Waals surface area contributed by atoms with Gasteiger partial charge in [-0.1, -0.05) is 36.4 Å². The van der Waals surface area contributed by atoms with Crippen LogP contribution in [-0.2, 0) is 5.75 Å². The molecule has 0 radical (unpaired) electrons. The Morgan fingerprint density at radius 2 is 1.94 bits per heavy atom. The minimum atomic E-state index is -0.374. The fourth-order valence-electron chi connectivity index (χ4n) is 2.48. The van der Waals surface area contributed by atoms with E-state index in [1.165, 1.54) is 16.3 Å². The largest absolute Gasteiger partial charge is 0.387 e. The quantitative estimate of drug-likeness (QED) is 0.758. The molecule has 1 aliphatic rings. The molecule has 1 nitrogen and oxygen atoms in total. The van der Waals surface area contributed by atoms with Crippen LogP contribution in [0, 0.1) is 0 Å². The molecule has 0 spiro atoms. The molecule has 88 valence electrons. The second kappa shape index (κ2) is 3.76. The second-order valence-corrected chi connectivity index (χ2v) is 6.78. The number of fused-ring (bicyclic) bond motifs is 3. The average Bonchev–Trinajstić information content (AvgIpc) is 2.33.